The highest BCUT2D eigenvalue weighted by Crippen LogP contribution is 2.34. The molecule has 2 rings (SSSR count). The molecule has 1 N–H and O–H groups in total. The van der Waals surface area contributed by atoms with Gasteiger partial charge in [-0.1, -0.05) is 34.8 Å². The predicted molar refractivity (Wildman–Crippen MR) is 67.5 cm³/mol. The number of nitrogens with one attached hydrogen (secondary N) is 1. The summed E-state index contributed by atoms with van der Waals surface area (Å²) in [7, 11) is 0. The molecule has 0 atom stereocenters. The van der Waals surface area contributed by atoms with E-state index in [9.17, 15) is 9.18 Å². The average Bonchev–Trinajstić information content (AvgIpc) is 2.29. The molecule has 1 aromatic heterocycles. The molecule has 0 saturated heterocycles. The molecule has 0 aliphatic heterocycles. The third-order valence-electron chi connectivity index (χ3n) is 2.18. The summed E-state index contributed by atoms with van der Waals surface area (Å²) in [6.45, 7) is 0. The van der Waals surface area contributed by atoms with Crippen molar-refractivity contribution in [1.82, 2.24) is 4.98 Å². The van der Waals surface area contributed by atoms with Crippen molar-refractivity contribution < 1.29 is 4.39 Å². The first-order valence-corrected chi connectivity index (χ1v) is 5.65. The van der Waals surface area contributed by atoms with Gasteiger partial charge in [-0.15, -0.1) is 0 Å². The second-order valence-electron chi connectivity index (χ2n) is 3.32. The van der Waals surface area contributed by atoms with Crippen LogP contribution < -0.4 is 5.56 Å². The Morgan fingerprint density at radius 3 is 2.12 bits per heavy atom. The summed E-state index contributed by atoms with van der Waals surface area (Å²) in [5, 5.41) is 0.767. The molecule has 88 valence electrons. The molecule has 0 saturated carbocycles. The van der Waals surface area contributed by atoms with Crippen LogP contribution in [0.2, 0.25) is 15.1 Å². The van der Waals surface area contributed by atoms with Crippen LogP contribution >= 0.6 is 34.8 Å². The van der Waals surface area contributed by atoms with Crippen LogP contribution in [-0.4, -0.2) is 4.98 Å². The van der Waals surface area contributed by atoms with E-state index in [0.29, 0.717) is 11.1 Å². The summed E-state index contributed by atoms with van der Waals surface area (Å²) in [5.41, 5.74) is 0.252. The molecule has 1 heterocycles. The molecular formula is C11H5Cl3FNO. The number of H-pyrrole nitrogens is 1. The largest absolute Gasteiger partial charge is 0.326 e. The maximum Gasteiger partial charge on any atom is 0.283 e. The number of hydrogen-bond acceptors (Lipinski definition) is 1. The molecule has 2 aromatic rings. The van der Waals surface area contributed by atoms with E-state index < -0.39 is 11.4 Å². The average molecular weight is 293 g/mol. The highest BCUT2D eigenvalue weighted by molar-refractivity contribution is 6.48. The van der Waals surface area contributed by atoms with E-state index in [2.05, 4.69) is 4.98 Å². The Hall–Kier alpha value is -1.03. The molecule has 0 unspecified atom stereocenters. The van der Waals surface area contributed by atoms with E-state index >= 15 is 0 Å². The Labute approximate surface area is 111 Å². The van der Waals surface area contributed by atoms with Crippen LogP contribution in [0.5, 0.6) is 0 Å². The summed E-state index contributed by atoms with van der Waals surface area (Å²) in [6, 6.07) is 4.19. The van der Waals surface area contributed by atoms with E-state index in [1.54, 1.807) is 12.1 Å². The van der Waals surface area contributed by atoms with Crippen LogP contribution in [0.1, 0.15) is 0 Å². The first-order valence-electron chi connectivity index (χ1n) is 4.52. The zero-order chi connectivity index (χ0) is 12.6. The zero-order valence-electron chi connectivity index (χ0n) is 8.23. The Morgan fingerprint density at radius 1 is 1.00 bits per heavy atom. The molecule has 0 radical (unpaired) electrons. The topological polar surface area (TPSA) is 32.9 Å². The van der Waals surface area contributed by atoms with Gasteiger partial charge in [0.2, 0.25) is 0 Å². The number of benzene rings is 1. The van der Waals surface area contributed by atoms with Crippen LogP contribution in [0.3, 0.4) is 0 Å². The molecule has 17 heavy (non-hydrogen) atoms. The van der Waals surface area contributed by atoms with Gasteiger partial charge in [-0.3, -0.25) is 4.79 Å². The molecule has 1 aromatic carbocycles. The van der Waals surface area contributed by atoms with Crippen molar-refractivity contribution in [1.29, 1.82) is 0 Å². The molecular weight excluding hydrogens is 287 g/mol. The van der Waals surface area contributed by atoms with Crippen LogP contribution in [-0.2, 0) is 0 Å². The minimum atomic E-state index is -0.871. The van der Waals surface area contributed by atoms with Gasteiger partial charge in [0, 0.05) is 11.8 Å². The van der Waals surface area contributed by atoms with Gasteiger partial charge in [-0.25, -0.2) is 4.39 Å². The number of aromatic amines is 1. The SMILES string of the molecule is O=c1[nH]cc(-c2cc(Cl)c(Cl)c(Cl)c2)cc1F. The van der Waals surface area contributed by atoms with Gasteiger partial charge in [0.25, 0.3) is 5.56 Å². The maximum atomic E-state index is 13.1. The third kappa shape index (κ3) is 2.46. The van der Waals surface area contributed by atoms with E-state index in [4.69, 9.17) is 34.8 Å². The minimum Gasteiger partial charge on any atom is -0.326 e. The van der Waals surface area contributed by atoms with Crippen LogP contribution in [0.4, 0.5) is 4.39 Å². The van der Waals surface area contributed by atoms with Gasteiger partial charge < -0.3 is 4.98 Å². The quantitative estimate of drug-likeness (QED) is 0.787. The van der Waals surface area contributed by atoms with E-state index in [-0.39, 0.29) is 15.1 Å². The Bertz CT molecular complexity index is 616. The summed E-state index contributed by atoms with van der Waals surface area (Å²) in [4.78, 5) is 13.2. The molecule has 0 aliphatic carbocycles. The van der Waals surface area contributed by atoms with Gasteiger partial charge >= 0.3 is 0 Å². The van der Waals surface area contributed by atoms with Gasteiger partial charge in [-0.05, 0) is 23.8 Å². The highest BCUT2D eigenvalue weighted by atomic mass is 35.5. The first kappa shape index (κ1) is 12.4. The maximum absolute atomic E-state index is 13.1. The first-order chi connectivity index (χ1) is 7.99. The second-order valence-corrected chi connectivity index (χ2v) is 4.51. The van der Waals surface area contributed by atoms with Gasteiger partial charge in [-0.2, -0.15) is 0 Å². The summed E-state index contributed by atoms with van der Waals surface area (Å²) >= 11 is 17.5. The van der Waals surface area contributed by atoms with Crippen LogP contribution in [0, 0.1) is 5.82 Å². The van der Waals surface area contributed by atoms with Crippen molar-refractivity contribution in [3.63, 3.8) is 0 Å². The fourth-order valence-electron chi connectivity index (χ4n) is 1.34. The number of hydrogen-bond donors (Lipinski definition) is 1. The Morgan fingerprint density at radius 2 is 1.59 bits per heavy atom. The van der Waals surface area contributed by atoms with E-state index in [1.165, 1.54) is 6.20 Å². The lowest BCUT2D eigenvalue weighted by molar-refractivity contribution is 0.609. The summed E-state index contributed by atoms with van der Waals surface area (Å²) in [6.07, 6.45) is 1.38. The number of rotatable bonds is 1. The normalized spacial score (nSPS) is 10.6. The molecule has 6 heteroatoms. The van der Waals surface area contributed by atoms with Crippen LogP contribution in [0.25, 0.3) is 11.1 Å². The Balaban J connectivity index is 2.61. The van der Waals surface area contributed by atoms with E-state index in [1.807, 2.05) is 0 Å². The lowest BCUT2D eigenvalue weighted by Gasteiger charge is -2.05. The van der Waals surface area contributed by atoms with Gasteiger partial charge in [0.15, 0.2) is 5.82 Å². The fraction of sp³-hybridized carbons (Fsp3) is 0. The van der Waals surface area contributed by atoms with Crippen molar-refractivity contribution in [3.8, 4) is 11.1 Å². The third-order valence-corrected chi connectivity index (χ3v) is 3.37. The highest BCUT2D eigenvalue weighted by Gasteiger charge is 2.09. The fourth-order valence-corrected chi connectivity index (χ4v) is 1.94. The molecule has 0 bridgehead atoms. The Kier molecular flexibility index (Phi) is 3.43. The molecule has 0 spiro atoms. The monoisotopic (exact) mass is 291 g/mol. The number of halogens is 4. The standard InChI is InChI=1S/C11H5Cl3FNO/c12-7-1-5(2-8(13)10(7)14)6-3-9(15)11(17)16-4-6/h1-4H,(H,16,17). The summed E-state index contributed by atoms with van der Waals surface area (Å²) in [5.74, 6) is -0.871. The lowest BCUT2D eigenvalue weighted by atomic mass is 10.1. The van der Waals surface area contributed by atoms with Crippen molar-refractivity contribution >= 4 is 34.8 Å². The smallest absolute Gasteiger partial charge is 0.283 e. The minimum absolute atomic E-state index is 0.238. The predicted octanol–water partition coefficient (Wildman–Crippen LogP) is 4.14. The number of aromatic nitrogens is 1. The lowest BCUT2D eigenvalue weighted by Crippen LogP contribution is -2.09. The molecule has 0 aliphatic rings. The van der Waals surface area contributed by atoms with E-state index in [0.717, 1.165) is 6.07 Å². The van der Waals surface area contributed by atoms with Crippen molar-refractivity contribution in [2.75, 3.05) is 0 Å². The van der Waals surface area contributed by atoms with Crippen molar-refractivity contribution in [2.45, 2.75) is 0 Å². The van der Waals surface area contributed by atoms with Gasteiger partial charge in [0.1, 0.15) is 0 Å². The van der Waals surface area contributed by atoms with Crippen molar-refractivity contribution in [3.05, 3.63) is 55.6 Å². The summed E-state index contributed by atoms with van der Waals surface area (Å²) < 4.78 is 13.1. The molecule has 0 fully saturated rings. The van der Waals surface area contributed by atoms with Crippen molar-refractivity contribution in [2.24, 2.45) is 0 Å². The van der Waals surface area contributed by atoms with Crippen LogP contribution in [0.15, 0.2) is 29.2 Å². The zero-order valence-corrected chi connectivity index (χ0v) is 10.5. The van der Waals surface area contributed by atoms with Gasteiger partial charge in [0.05, 0.1) is 15.1 Å². The molecule has 0 amide bonds. The number of pyridine rings is 1. The second kappa shape index (κ2) is 4.69. The molecule has 2 nitrogen and oxygen atoms in total.